The fraction of sp³-hybridized carbons (Fsp3) is 0.474. The van der Waals surface area contributed by atoms with E-state index >= 15 is 0 Å². The number of fused-ring (bicyclic) bond motifs is 1. The van der Waals surface area contributed by atoms with Crippen LogP contribution in [-0.2, 0) is 11.8 Å². The van der Waals surface area contributed by atoms with Crippen LogP contribution in [0, 0.1) is 5.92 Å². The summed E-state index contributed by atoms with van der Waals surface area (Å²) in [5, 5.41) is 11.7. The summed E-state index contributed by atoms with van der Waals surface area (Å²) in [5.41, 5.74) is 3.42. The number of hydrogen-bond donors (Lipinski definition) is 1. The molecule has 1 unspecified atom stereocenters. The summed E-state index contributed by atoms with van der Waals surface area (Å²) < 4.78 is 1.75. The van der Waals surface area contributed by atoms with Crippen LogP contribution in [0.5, 0.6) is 0 Å². The van der Waals surface area contributed by atoms with Crippen molar-refractivity contribution < 1.29 is 4.79 Å². The number of rotatable bonds is 4. The molecule has 0 aromatic carbocycles. The van der Waals surface area contributed by atoms with Gasteiger partial charge >= 0.3 is 0 Å². The van der Waals surface area contributed by atoms with Gasteiger partial charge in [-0.1, -0.05) is 12.8 Å². The number of H-pyrrole nitrogens is 1. The maximum Gasteiger partial charge on any atom is 0.245 e. The number of nitrogens with one attached hydrogen (secondary N) is 1. The van der Waals surface area contributed by atoms with Crippen LogP contribution in [0.2, 0.25) is 0 Å². The molecule has 27 heavy (non-hydrogen) atoms. The number of nitrogens with zero attached hydrogens (tertiary/aromatic N) is 6. The number of pyridine rings is 1. The molecule has 1 atom stereocenters. The molecule has 3 aromatic heterocycles. The van der Waals surface area contributed by atoms with Gasteiger partial charge in [-0.15, -0.1) is 0 Å². The van der Waals surface area contributed by atoms with Gasteiger partial charge in [-0.2, -0.15) is 10.2 Å². The lowest BCUT2D eigenvalue weighted by molar-refractivity contribution is -0.133. The zero-order valence-corrected chi connectivity index (χ0v) is 15.6. The summed E-state index contributed by atoms with van der Waals surface area (Å²) in [5.74, 6) is 1.73. The Labute approximate surface area is 157 Å². The Morgan fingerprint density at radius 2 is 2.07 bits per heavy atom. The van der Waals surface area contributed by atoms with Crippen LogP contribution >= 0.6 is 0 Å². The zero-order valence-electron chi connectivity index (χ0n) is 15.6. The van der Waals surface area contributed by atoms with Gasteiger partial charge in [0.15, 0.2) is 0 Å². The van der Waals surface area contributed by atoms with E-state index in [-0.39, 0.29) is 11.9 Å². The van der Waals surface area contributed by atoms with E-state index < -0.39 is 0 Å². The lowest BCUT2D eigenvalue weighted by atomic mass is 10.0. The number of anilines is 1. The van der Waals surface area contributed by atoms with E-state index in [1.54, 1.807) is 10.9 Å². The van der Waals surface area contributed by atoms with Gasteiger partial charge in [-0.05, 0) is 24.5 Å². The summed E-state index contributed by atoms with van der Waals surface area (Å²) in [6.45, 7) is 1.53. The maximum atomic E-state index is 12.8. The van der Waals surface area contributed by atoms with Crippen LogP contribution in [0.1, 0.15) is 19.3 Å². The van der Waals surface area contributed by atoms with Crippen molar-refractivity contribution in [1.29, 1.82) is 0 Å². The van der Waals surface area contributed by atoms with Crippen LogP contribution in [0.15, 0.2) is 24.5 Å². The third-order valence-electron chi connectivity index (χ3n) is 5.63. The fourth-order valence-corrected chi connectivity index (χ4v) is 3.88. The normalized spacial score (nSPS) is 20.7. The molecule has 2 aliphatic rings. The highest BCUT2D eigenvalue weighted by molar-refractivity contribution is 5.91. The Hall–Kier alpha value is -2.90. The van der Waals surface area contributed by atoms with Gasteiger partial charge in [-0.25, -0.2) is 4.98 Å². The molecule has 1 aliphatic heterocycles. The minimum absolute atomic E-state index is 0.116. The number of carbonyl (C=O) groups is 1. The third-order valence-corrected chi connectivity index (χ3v) is 5.63. The molecule has 0 bridgehead atoms. The van der Waals surface area contributed by atoms with E-state index in [9.17, 15) is 4.79 Å². The molecule has 1 saturated carbocycles. The standard InChI is InChI=1S/C19H23N7O/c1-24-7-8-26(15(19(24)27)9-12-3-4-12)16-6-5-14-18(21-16)17(23-22-14)13-10-20-25(2)11-13/h5-6,10-12,15H,3-4,7-9H2,1-2H3,(H,22,23). The third kappa shape index (κ3) is 2.85. The Morgan fingerprint density at radius 1 is 1.22 bits per heavy atom. The molecule has 8 nitrogen and oxygen atoms in total. The molecule has 8 heteroatoms. The smallest absolute Gasteiger partial charge is 0.245 e. The van der Waals surface area contributed by atoms with Gasteiger partial charge in [0.1, 0.15) is 23.1 Å². The van der Waals surface area contributed by atoms with Crippen LogP contribution < -0.4 is 4.90 Å². The van der Waals surface area contributed by atoms with Gasteiger partial charge in [0, 0.05) is 38.9 Å². The summed E-state index contributed by atoms with van der Waals surface area (Å²) >= 11 is 0. The number of hydrogen-bond acceptors (Lipinski definition) is 5. The first kappa shape index (κ1) is 16.3. The highest BCUT2D eigenvalue weighted by Crippen LogP contribution is 2.37. The van der Waals surface area contributed by atoms with Crippen molar-refractivity contribution in [2.45, 2.75) is 25.3 Å². The van der Waals surface area contributed by atoms with Crippen molar-refractivity contribution in [2.75, 3.05) is 25.0 Å². The van der Waals surface area contributed by atoms with Crippen molar-refractivity contribution >= 4 is 22.8 Å². The first-order valence-corrected chi connectivity index (χ1v) is 9.46. The number of aromatic amines is 1. The molecular weight excluding hydrogens is 342 g/mol. The van der Waals surface area contributed by atoms with Crippen molar-refractivity contribution in [3.8, 4) is 11.3 Å². The number of piperazine rings is 1. The van der Waals surface area contributed by atoms with Gasteiger partial charge in [0.05, 0.1) is 11.7 Å². The second kappa shape index (κ2) is 6.07. The summed E-state index contributed by atoms with van der Waals surface area (Å²) in [6.07, 6.45) is 7.11. The average Bonchev–Trinajstić information content (AvgIpc) is 3.22. The summed E-state index contributed by atoms with van der Waals surface area (Å²) in [4.78, 5) is 21.7. The molecule has 3 aromatic rings. The van der Waals surface area contributed by atoms with Gasteiger partial charge in [0.2, 0.25) is 5.91 Å². The first-order valence-electron chi connectivity index (χ1n) is 9.46. The molecule has 140 valence electrons. The Morgan fingerprint density at radius 3 is 2.81 bits per heavy atom. The van der Waals surface area contributed by atoms with Crippen molar-refractivity contribution in [3.05, 3.63) is 24.5 Å². The van der Waals surface area contributed by atoms with E-state index in [1.807, 2.05) is 37.3 Å². The molecule has 1 aliphatic carbocycles. The zero-order chi connectivity index (χ0) is 18.5. The van der Waals surface area contributed by atoms with Gasteiger partial charge in [-0.3, -0.25) is 14.6 Å². The van der Waals surface area contributed by atoms with Gasteiger partial charge < -0.3 is 9.80 Å². The van der Waals surface area contributed by atoms with E-state index in [4.69, 9.17) is 4.98 Å². The second-order valence-electron chi connectivity index (χ2n) is 7.69. The highest BCUT2D eigenvalue weighted by Gasteiger charge is 2.38. The van der Waals surface area contributed by atoms with Crippen LogP contribution in [0.4, 0.5) is 5.82 Å². The topological polar surface area (TPSA) is 82.9 Å². The highest BCUT2D eigenvalue weighted by atomic mass is 16.2. The van der Waals surface area contributed by atoms with E-state index in [1.165, 1.54) is 12.8 Å². The number of amides is 1. The lowest BCUT2D eigenvalue weighted by Crippen LogP contribution is -2.56. The minimum atomic E-state index is -0.116. The van der Waals surface area contributed by atoms with Crippen LogP contribution in [-0.4, -0.2) is 61.9 Å². The molecule has 4 heterocycles. The average molecular weight is 365 g/mol. The number of likely N-dealkylation sites (N-methyl/N-ethyl adjacent to an activating group) is 1. The molecule has 0 radical (unpaired) electrons. The molecule has 1 amide bonds. The molecule has 0 spiro atoms. The molecule has 5 rings (SSSR count). The predicted molar refractivity (Wildman–Crippen MR) is 102 cm³/mol. The van der Waals surface area contributed by atoms with Crippen molar-refractivity contribution in [2.24, 2.45) is 13.0 Å². The Balaban J connectivity index is 1.54. The minimum Gasteiger partial charge on any atom is -0.343 e. The summed E-state index contributed by atoms with van der Waals surface area (Å²) in [6, 6.07) is 3.88. The number of aromatic nitrogens is 5. The van der Waals surface area contributed by atoms with Crippen molar-refractivity contribution in [3.63, 3.8) is 0 Å². The fourth-order valence-electron chi connectivity index (χ4n) is 3.88. The molecule has 1 N–H and O–H groups in total. The molecular formula is C19H23N7O. The second-order valence-corrected chi connectivity index (χ2v) is 7.69. The monoisotopic (exact) mass is 365 g/mol. The SMILES string of the molecule is CN1CCN(c2ccc3[nH]nc(-c4cnn(C)c4)c3n2)C(CC2CC2)C1=O. The molecule has 1 saturated heterocycles. The largest absolute Gasteiger partial charge is 0.343 e. The first-order chi connectivity index (χ1) is 13.1. The van der Waals surface area contributed by atoms with Gasteiger partial charge in [0.25, 0.3) is 0 Å². The van der Waals surface area contributed by atoms with Crippen LogP contribution in [0.25, 0.3) is 22.3 Å². The Kier molecular flexibility index (Phi) is 3.66. The van der Waals surface area contributed by atoms with E-state index in [0.717, 1.165) is 47.6 Å². The van der Waals surface area contributed by atoms with E-state index in [0.29, 0.717) is 5.92 Å². The maximum absolute atomic E-state index is 12.8. The lowest BCUT2D eigenvalue weighted by Gasteiger charge is -2.40. The number of aryl methyl sites for hydroxylation is 1. The quantitative estimate of drug-likeness (QED) is 0.762. The van der Waals surface area contributed by atoms with E-state index in [2.05, 4.69) is 20.2 Å². The Bertz CT molecular complexity index is 1000. The van der Waals surface area contributed by atoms with Crippen LogP contribution in [0.3, 0.4) is 0 Å². The summed E-state index contributed by atoms with van der Waals surface area (Å²) in [7, 11) is 3.78. The van der Waals surface area contributed by atoms with Crippen molar-refractivity contribution in [1.82, 2.24) is 29.9 Å². The number of carbonyl (C=O) groups excluding carboxylic acids is 1. The molecule has 2 fully saturated rings. The predicted octanol–water partition coefficient (Wildman–Crippen LogP) is 1.81.